The Morgan fingerprint density at radius 1 is 1.12 bits per heavy atom. The van der Waals surface area contributed by atoms with E-state index in [1.807, 2.05) is 27.7 Å². The Labute approximate surface area is 151 Å². The van der Waals surface area contributed by atoms with Crippen LogP contribution < -0.4 is 10.6 Å². The summed E-state index contributed by atoms with van der Waals surface area (Å²) in [6, 6.07) is 5.60. The number of carbonyl (C=O) groups is 3. The van der Waals surface area contributed by atoms with E-state index in [9.17, 15) is 14.4 Å². The third-order valence-corrected chi connectivity index (χ3v) is 3.85. The second-order valence-corrected chi connectivity index (χ2v) is 7.04. The molecule has 2 amide bonds. The fourth-order valence-electron chi connectivity index (χ4n) is 2.58. The Bertz CT molecular complexity index is 822. The lowest BCUT2D eigenvalue weighted by Gasteiger charge is -2.22. The van der Waals surface area contributed by atoms with Gasteiger partial charge in [-0.05, 0) is 36.1 Å². The molecule has 1 aromatic carbocycles. The van der Waals surface area contributed by atoms with Crippen molar-refractivity contribution in [3.05, 3.63) is 30.0 Å². The van der Waals surface area contributed by atoms with Gasteiger partial charge in [-0.2, -0.15) is 0 Å². The van der Waals surface area contributed by atoms with Crippen molar-refractivity contribution in [1.29, 1.82) is 0 Å². The van der Waals surface area contributed by atoms with Crippen LogP contribution in [0.25, 0.3) is 11.0 Å². The number of carbonyl (C=O) groups excluding carboxylic acids is 2. The van der Waals surface area contributed by atoms with Crippen LogP contribution >= 0.6 is 0 Å². The van der Waals surface area contributed by atoms with Gasteiger partial charge in [-0.3, -0.25) is 9.59 Å². The third kappa shape index (κ3) is 4.84. The van der Waals surface area contributed by atoms with Gasteiger partial charge in [0.15, 0.2) is 0 Å². The maximum absolute atomic E-state index is 12.6. The summed E-state index contributed by atoms with van der Waals surface area (Å²) in [6.45, 7) is 7.60. The molecular formula is C19H24N2O5. The predicted molar refractivity (Wildman–Crippen MR) is 98.0 cm³/mol. The normalized spacial score (nSPS) is 12.4. The molecule has 0 fully saturated rings. The zero-order valence-electron chi connectivity index (χ0n) is 15.3. The number of nitrogens with one attached hydrogen (secondary N) is 2. The van der Waals surface area contributed by atoms with E-state index in [1.54, 1.807) is 18.2 Å². The van der Waals surface area contributed by atoms with E-state index in [4.69, 9.17) is 9.52 Å². The van der Waals surface area contributed by atoms with Crippen molar-refractivity contribution in [2.24, 2.45) is 11.8 Å². The number of furan rings is 1. The molecule has 1 atom stereocenters. The van der Waals surface area contributed by atoms with Gasteiger partial charge < -0.3 is 20.2 Å². The van der Waals surface area contributed by atoms with Crippen molar-refractivity contribution in [1.82, 2.24) is 5.32 Å². The first-order valence-electron chi connectivity index (χ1n) is 8.54. The van der Waals surface area contributed by atoms with Gasteiger partial charge in [-0.1, -0.05) is 27.7 Å². The van der Waals surface area contributed by atoms with Crippen LogP contribution in [-0.4, -0.2) is 28.9 Å². The number of carboxylic acids is 1. The van der Waals surface area contributed by atoms with Gasteiger partial charge in [-0.15, -0.1) is 0 Å². The second-order valence-electron chi connectivity index (χ2n) is 7.04. The number of benzene rings is 1. The van der Waals surface area contributed by atoms with E-state index in [2.05, 4.69) is 10.6 Å². The Morgan fingerprint density at radius 2 is 1.81 bits per heavy atom. The number of anilines is 1. The second kappa shape index (κ2) is 8.03. The van der Waals surface area contributed by atoms with Gasteiger partial charge in [0.1, 0.15) is 11.6 Å². The fraction of sp³-hybridized carbons (Fsp3) is 0.421. The number of amides is 2. The summed E-state index contributed by atoms with van der Waals surface area (Å²) >= 11 is 0. The molecule has 0 saturated heterocycles. The maximum Gasteiger partial charge on any atom is 0.371 e. The molecule has 1 unspecified atom stereocenters. The van der Waals surface area contributed by atoms with Gasteiger partial charge in [-0.25, -0.2) is 4.79 Å². The number of hydrogen-bond acceptors (Lipinski definition) is 4. The summed E-state index contributed by atoms with van der Waals surface area (Å²) in [6.07, 6.45) is 0.357. The molecule has 1 heterocycles. The van der Waals surface area contributed by atoms with Crippen LogP contribution in [0, 0.1) is 11.8 Å². The summed E-state index contributed by atoms with van der Waals surface area (Å²) in [7, 11) is 0. The zero-order chi connectivity index (χ0) is 19.4. The Hall–Kier alpha value is -2.83. The minimum absolute atomic E-state index is 0.0811. The van der Waals surface area contributed by atoms with Gasteiger partial charge in [0.05, 0.1) is 0 Å². The summed E-state index contributed by atoms with van der Waals surface area (Å²) in [5, 5.41) is 15.1. The molecule has 3 N–H and O–H groups in total. The summed E-state index contributed by atoms with van der Waals surface area (Å²) in [4.78, 5) is 35.6. The summed E-state index contributed by atoms with van der Waals surface area (Å²) in [5.41, 5.74) is 0.926. The smallest absolute Gasteiger partial charge is 0.371 e. The van der Waals surface area contributed by atoms with Crippen molar-refractivity contribution >= 4 is 34.4 Å². The number of hydrogen-bond donors (Lipinski definition) is 3. The van der Waals surface area contributed by atoms with Crippen LogP contribution in [0.4, 0.5) is 5.69 Å². The van der Waals surface area contributed by atoms with Crippen LogP contribution in [0.15, 0.2) is 28.7 Å². The molecule has 7 nitrogen and oxygen atoms in total. The van der Waals surface area contributed by atoms with Crippen LogP contribution in [0.2, 0.25) is 0 Å². The van der Waals surface area contributed by atoms with E-state index >= 15 is 0 Å². The highest BCUT2D eigenvalue weighted by atomic mass is 16.4. The molecule has 0 radical (unpaired) electrons. The van der Waals surface area contributed by atoms with Crippen molar-refractivity contribution in [2.75, 3.05) is 5.32 Å². The number of fused-ring (bicyclic) bond motifs is 1. The molecule has 1 aromatic heterocycles. The molecule has 0 aliphatic carbocycles. The summed E-state index contributed by atoms with van der Waals surface area (Å²) in [5.74, 6) is -1.67. The van der Waals surface area contributed by atoms with Crippen molar-refractivity contribution < 1.29 is 23.9 Å². The largest absolute Gasteiger partial charge is 0.475 e. The summed E-state index contributed by atoms with van der Waals surface area (Å²) < 4.78 is 5.20. The minimum atomic E-state index is -1.15. The highest BCUT2D eigenvalue weighted by molar-refractivity contribution is 5.99. The maximum atomic E-state index is 12.6. The monoisotopic (exact) mass is 360 g/mol. The highest BCUT2D eigenvalue weighted by Gasteiger charge is 2.24. The average molecular weight is 360 g/mol. The fourth-order valence-corrected chi connectivity index (χ4v) is 2.58. The lowest BCUT2D eigenvalue weighted by atomic mass is 10.0. The van der Waals surface area contributed by atoms with Crippen LogP contribution in [0.5, 0.6) is 0 Å². The predicted octanol–water partition coefficient (Wildman–Crippen LogP) is 3.26. The van der Waals surface area contributed by atoms with Crippen LogP contribution in [0.3, 0.4) is 0 Å². The zero-order valence-corrected chi connectivity index (χ0v) is 15.3. The van der Waals surface area contributed by atoms with Gasteiger partial charge in [0.25, 0.3) is 0 Å². The molecular weight excluding hydrogens is 336 g/mol. The molecule has 2 rings (SSSR count). The molecule has 0 aliphatic heterocycles. The molecule has 0 spiro atoms. The van der Waals surface area contributed by atoms with Gasteiger partial charge in [0, 0.05) is 17.5 Å². The number of aromatic carboxylic acids is 1. The quantitative estimate of drug-likeness (QED) is 0.702. The topological polar surface area (TPSA) is 109 Å². The number of carboxylic acid groups (broad SMARTS) is 1. The molecule has 140 valence electrons. The van der Waals surface area contributed by atoms with E-state index in [1.165, 1.54) is 6.07 Å². The van der Waals surface area contributed by atoms with Crippen LogP contribution in [-0.2, 0) is 9.59 Å². The first kappa shape index (κ1) is 19.5. The van der Waals surface area contributed by atoms with Crippen molar-refractivity contribution in [2.45, 2.75) is 40.2 Å². The average Bonchev–Trinajstić information content (AvgIpc) is 2.95. The van der Waals surface area contributed by atoms with E-state index in [0.29, 0.717) is 23.1 Å². The third-order valence-electron chi connectivity index (χ3n) is 3.85. The van der Waals surface area contributed by atoms with E-state index in [-0.39, 0.29) is 29.4 Å². The standard InChI is InChI=1S/C19H24N2O5/c1-10(2)7-16(22)21-17(11(3)4)18(23)20-13-5-6-14-12(8-13)9-15(26-14)19(24)25/h5-6,8-11,17H,7H2,1-4H3,(H,20,23)(H,21,22)(H,24,25). The molecule has 0 aliphatic rings. The molecule has 2 aromatic rings. The number of rotatable bonds is 7. The molecule has 0 saturated carbocycles. The van der Waals surface area contributed by atoms with Crippen molar-refractivity contribution in [3.8, 4) is 0 Å². The van der Waals surface area contributed by atoms with Crippen LogP contribution in [0.1, 0.15) is 44.7 Å². The van der Waals surface area contributed by atoms with Crippen molar-refractivity contribution in [3.63, 3.8) is 0 Å². The highest BCUT2D eigenvalue weighted by Crippen LogP contribution is 2.23. The molecule has 7 heteroatoms. The SMILES string of the molecule is CC(C)CC(=O)NC(C(=O)Nc1ccc2oc(C(=O)O)cc2c1)C(C)C. The lowest BCUT2D eigenvalue weighted by Crippen LogP contribution is -2.47. The molecule has 0 bridgehead atoms. The Kier molecular flexibility index (Phi) is 6.02. The first-order valence-corrected chi connectivity index (χ1v) is 8.54. The first-order chi connectivity index (χ1) is 12.2. The molecule has 26 heavy (non-hydrogen) atoms. The lowest BCUT2D eigenvalue weighted by molar-refractivity contribution is -0.127. The van der Waals surface area contributed by atoms with E-state index in [0.717, 1.165) is 0 Å². The van der Waals surface area contributed by atoms with Gasteiger partial charge >= 0.3 is 5.97 Å². The Balaban J connectivity index is 2.13. The minimum Gasteiger partial charge on any atom is -0.475 e. The Morgan fingerprint density at radius 3 is 2.38 bits per heavy atom. The van der Waals surface area contributed by atoms with E-state index < -0.39 is 12.0 Å². The van der Waals surface area contributed by atoms with Gasteiger partial charge in [0.2, 0.25) is 17.6 Å².